The van der Waals surface area contributed by atoms with Gasteiger partial charge in [-0.1, -0.05) is 32.4 Å². The van der Waals surface area contributed by atoms with Crippen molar-refractivity contribution in [3.05, 3.63) is 46.7 Å². The second-order valence-electron chi connectivity index (χ2n) is 5.54. The van der Waals surface area contributed by atoms with Gasteiger partial charge in [0.25, 0.3) is 0 Å². The van der Waals surface area contributed by atoms with E-state index in [1.807, 2.05) is 0 Å². The van der Waals surface area contributed by atoms with Gasteiger partial charge in [0.05, 0.1) is 11.9 Å². The SMILES string of the molecule is CC(C)(C)c1cnn(-c2ccc(Cl)cc2)c1C(F)(F)F. The number of rotatable bonds is 1. The van der Waals surface area contributed by atoms with E-state index >= 15 is 0 Å². The number of halogens is 4. The number of alkyl halides is 3. The van der Waals surface area contributed by atoms with Crippen LogP contribution in [0.4, 0.5) is 13.2 Å². The van der Waals surface area contributed by atoms with Crippen LogP contribution in [0.15, 0.2) is 30.5 Å². The van der Waals surface area contributed by atoms with Crippen LogP contribution >= 0.6 is 11.6 Å². The predicted molar refractivity (Wildman–Crippen MR) is 72.3 cm³/mol. The number of aromatic nitrogens is 2. The Bertz CT molecular complexity index is 607. The Hall–Kier alpha value is -1.49. The van der Waals surface area contributed by atoms with E-state index in [4.69, 9.17) is 11.6 Å². The Kier molecular flexibility index (Phi) is 3.58. The van der Waals surface area contributed by atoms with Gasteiger partial charge in [-0.3, -0.25) is 0 Å². The van der Waals surface area contributed by atoms with E-state index in [0.29, 0.717) is 10.7 Å². The standard InChI is InChI=1S/C14H14ClF3N2/c1-13(2,3)11-8-19-20(12(11)14(16,17)18)10-6-4-9(15)5-7-10/h4-8H,1-3H3. The van der Waals surface area contributed by atoms with Gasteiger partial charge in [-0.2, -0.15) is 18.3 Å². The fourth-order valence-corrected chi connectivity index (χ4v) is 2.07. The number of hydrogen-bond donors (Lipinski definition) is 0. The summed E-state index contributed by atoms with van der Waals surface area (Å²) in [6, 6.07) is 6.10. The van der Waals surface area contributed by atoms with E-state index in [0.717, 1.165) is 4.68 Å². The van der Waals surface area contributed by atoms with Crippen LogP contribution in [0, 0.1) is 0 Å². The Morgan fingerprint density at radius 3 is 2.05 bits per heavy atom. The van der Waals surface area contributed by atoms with E-state index in [9.17, 15) is 13.2 Å². The zero-order chi connectivity index (χ0) is 15.1. The third-order valence-electron chi connectivity index (χ3n) is 2.92. The third kappa shape index (κ3) is 2.82. The number of nitrogens with zero attached hydrogens (tertiary/aromatic N) is 2. The molecule has 0 unspecified atom stereocenters. The normalized spacial score (nSPS) is 12.8. The highest BCUT2D eigenvalue weighted by molar-refractivity contribution is 6.30. The molecular formula is C14H14ClF3N2. The third-order valence-corrected chi connectivity index (χ3v) is 3.17. The van der Waals surface area contributed by atoms with Crippen molar-refractivity contribution in [2.24, 2.45) is 0 Å². The first-order valence-electron chi connectivity index (χ1n) is 6.02. The molecule has 0 spiro atoms. The summed E-state index contributed by atoms with van der Waals surface area (Å²) >= 11 is 5.75. The zero-order valence-electron chi connectivity index (χ0n) is 11.3. The highest BCUT2D eigenvalue weighted by Gasteiger charge is 2.41. The molecular weight excluding hydrogens is 289 g/mol. The van der Waals surface area contributed by atoms with Crippen molar-refractivity contribution in [1.29, 1.82) is 0 Å². The average Bonchev–Trinajstić information content (AvgIpc) is 2.73. The summed E-state index contributed by atoms with van der Waals surface area (Å²) in [4.78, 5) is 0. The van der Waals surface area contributed by atoms with Crippen molar-refractivity contribution in [2.45, 2.75) is 32.4 Å². The van der Waals surface area contributed by atoms with Gasteiger partial charge in [-0.25, -0.2) is 4.68 Å². The fourth-order valence-electron chi connectivity index (χ4n) is 1.95. The molecule has 1 heterocycles. The van der Waals surface area contributed by atoms with Gasteiger partial charge in [-0.15, -0.1) is 0 Å². The molecule has 2 aromatic rings. The fraction of sp³-hybridized carbons (Fsp3) is 0.357. The molecule has 2 rings (SSSR count). The van der Waals surface area contributed by atoms with E-state index in [2.05, 4.69) is 5.10 Å². The summed E-state index contributed by atoms with van der Waals surface area (Å²) in [6.07, 6.45) is -3.20. The summed E-state index contributed by atoms with van der Waals surface area (Å²) in [5.74, 6) is 0. The van der Waals surface area contributed by atoms with Crippen LogP contribution < -0.4 is 0 Å². The minimum absolute atomic E-state index is 0.167. The first kappa shape index (κ1) is 14.9. The van der Waals surface area contributed by atoms with Crippen LogP contribution in [0.1, 0.15) is 32.0 Å². The lowest BCUT2D eigenvalue weighted by molar-refractivity contribution is -0.143. The van der Waals surface area contributed by atoms with Gasteiger partial charge in [0, 0.05) is 10.6 Å². The summed E-state index contributed by atoms with van der Waals surface area (Å²) < 4.78 is 41.0. The Labute approximate surface area is 120 Å². The molecule has 0 aliphatic rings. The molecule has 0 aliphatic carbocycles. The van der Waals surface area contributed by atoms with Crippen LogP contribution in [0.2, 0.25) is 5.02 Å². The smallest absolute Gasteiger partial charge is 0.228 e. The Morgan fingerprint density at radius 2 is 1.60 bits per heavy atom. The maximum atomic E-state index is 13.4. The van der Waals surface area contributed by atoms with Gasteiger partial charge in [0.1, 0.15) is 0 Å². The lowest BCUT2D eigenvalue weighted by Crippen LogP contribution is -2.21. The summed E-state index contributed by atoms with van der Waals surface area (Å²) in [5, 5.41) is 4.37. The second kappa shape index (κ2) is 4.81. The van der Waals surface area contributed by atoms with Crippen molar-refractivity contribution in [3.63, 3.8) is 0 Å². The van der Waals surface area contributed by atoms with Gasteiger partial charge < -0.3 is 0 Å². The predicted octanol–water partition coefficient (Wildman–Crippen LogP) is 4.84. The summed E-state index contributed by atoms with van der Waals surface area (Å²) in [6.45, 7) is 5.18. The second-order valence-corrected chi connectivity index (χ2v) is 5.98. The lowest BCUT2D eigenvalue weighted by Gasteiger charge is -2.21. The van der Waals surface area contributed by atoms with E-state index in [-0.39, 0.29) is 5.56 Å². The topological polar surface area (TPSA) is 17.8 Å². The number of hydrogen-bond acceptors (Lipinski definition) is 1. The van der Waals surface area contributed by atoms with Gasteiger partial charge >= 0.3 is 6.18 Å². The molecule has 1 aromatic heterocycles. The van der Waals surface area contributed by atoms with Crippen molar-refractivity contribution in [2.75, 3.05) is 0 Å². The highest BCUT2D eigenvalue weighted by Crippen LogP contribution is 2.38. The first-order chi connectivity index (χ1) is 9.10. The number of benzene rings is 1. The molecule has 0 bridgehead atoms. The van der Waals surface area contributed by atoms with E-state index in [1.165, 1.54) is 30.5 Å². The minimum Gasteiger partial charge on any atom is -0.228 e. The molecule has 20 heavy (non-hydrogen) atoms. The highest BCUT2D eigenvalue weighted by atomic mass is 35.5. The monoisotopic (exact) mass is 302 g/mol. The summed E-state index contributed by atoms with van der Waals surface area (Å²) in [7, 11) is 0. The van der Waals surface area contributed by atoms with Crippen LogP contribution in [0.25, 0.3) is 5.69 Å². The first-order valence-corrected chi connectivity index (χ1v) is 6.40. The van der Waals surface area contributed by atoms with E-state index in [1.54, 1.807) is 20.8 Å². The molecule has 0 amide bonds. The maximum absolute atomic E-state index is 13.4. The summed E-state index contributed by atoms with van der Waals surface area (Å²) in [5.41, 5.74) is -0.889. The Morgan fingerprint density at radius 1 is 1.05 bits per heavy atom. The van der Waals surface area contributed by atoms with Crippen molar-refractivity contribution in [3.8, 4) is 5.69 Å². The molecule has 1 aromatic carbocycles. The molecule has 0 radical (unpaired) electrons. The quantitative estimate of drug-likeness (QED) is 0.737. The molecule has 2 nitrogen and oxygen atoms in total. The van der Waals surface area contributed by atoms with Crippen LogP contribution in [0.3, 0.4) is 0 Å². The minimum atomic E-state index is -4.47. The maximum Gasteiger partial charge on any atom is 0.433 e. The molecule has 0 aliphatic heterocycles. The molecule has 108 valence electrons. The van der Waals surface area contributed by atoms with Crippen LogP contribution in [-0.2, 0) is 11.6 Å². The van der Waals surface area contributed by atoms with Crippen molar-refractivity contribution < 1.29 is 13.2 Å². The van der Waals surface area contributed by atoms with Gasteiger partial charge in [-0.05, 0) is 29.7 Å². The molecule has 0 fully saturated rings. The van der Waals surface area contributed by atoms with Gasteiger partial charge in [0.15, 0.2) is 5.69 Å². The van der Waals surface area contributed by atoms with Crippen LogP contribution in [-0.4, -0.2) is 9.78 Å². The van der Waals surface area contributed by atoms with Crippen LogP contribution in [0.5, 0.6) is 0 Å². The van der Waals surface area contributed by atoms with Gasteiger partial charge in [0.2, 0.25) is 0 Å². The Balaban J connectivity index is 2.66. The largest absolute Gasteiger partial charge is 0.433 e. The lowest BCUT2D eigenvalue weighted by atomic mass is 9.87. The zero-order valence-corrected chi connectivity index (χ0v) is 12.0. The molecule has 0 atom stereocenters. The van der Waals surface area contributed by atoms with E-state index < -0.39 is 17.3 Å². The van der Waals surface area contributed by atoms with Crippen molar-refractivity contribution >= 4 is 11.6 Å². The molecule has 0 saturated heterocycles. The van der Waals surface area contributed by atoms with Crippen molar-refractivity contribution in [1.82, 2.24) is 9.78 Å². The average molecular weight is 303 g/mol. The molecule has 6 heteroatoms. The molecule has 0 saturated carbocycles. The molecule has 0 N–H and O–H groups in total.